The van der Waals surface area contributed by atoms with E-state index in [1.807, 2.05) is 0 Å². The van der Waals surface area contributed by atoms with Crippen LogP contribution in [0.15, 0.2) is 97.2 Å². The van der Waals surface area contributed by atoms with Crippen LogP contribution >= 0.6 is 7.82 Å². The highest BCUT2D eigenvalue weighted by Crippen LogP contribution is 2.43. The summed E-state index contributed by atoms with van der Waals surface area (Å²) in [5, 5.41) is 8.92. The summed E-state index contributed by atoms with van der Waals surface area (Å²) < 4.78 is 33.4. The molecule has 0 spiro atoms. The van der Waals surface area contributed by atoms with Crippen LogP contribution in [0.1, 0.15) is 181 Å². The Kier molecular flexibility index (Phi) is 44.6. The number of hydrogen-bond acceptors (Lipinski definition) is 8. The minimum absolute atomic E-state index is 0.00333. The summed E-state index contributed by atoms with van der Waals surface area (Å²) in [6.07, 6.45) is 61.7. The number of phosphoric acid groups is 1. The molecule has 3 atom stereocenters. The number of nitrogens with two attached hydrogens (primary N) is 1. The minimum Gasteiger partial charge on any atom is -0.480 e. The quantitative estimate of drug-likeness (QED) is 0.0233. The first-order chi connectivity index (χ1) is 30.7. The van der Waals surface area contributed by atoms with Gasteiger partial charge >= 0.3 is 19.8 Å². The van der Waals surface area contributed by atoms with Gasteiger partial charge in [0.1, 0.15) is 12.1 Å². The van der Waals surface area contributed by atoms with Crippen LogP contribution in [0.25, 0.3) is 0 Å². The molecule has 360 valence electrons. The maximum Gasteiger partial charge on any atom is 0.472 e. The summed E-state index contributed by atoms with van der Waals surface area (Å²) in [6, 6.07) is -1.48. The SMILES string of the molecule is CC/C=C\C/C=C\C/C=C\C/C=C\CCCCCCCCCCCCC(=O)OC(COCCCCCCC/C=C\C/C=C\C/C=C\C/C=C\CC)COP(=O)(O)OCC(N)C(=O)O. The van der Waals surface area contributed by atoms with Crippen LogP contribution < -0.4 is 5.73 Å². The van der Waals surface area contributed by atoms with Gasteiger partial charge in [0.2, 0.25) is 0 Å². The van der Waals surface area contributed by atoms with Crippen molar-refractivity contribution in [2.75, 3.05) is 26.4 Å². The van der Waals surface area contributed by atoms with E-state index < -0.39 is 45.1 Å². The molecule has 0 aromatic heterocycles. The number of phosphoric ester groups is 1. The second kappa shape index (κ2) is 46.9. The van der Waals surface area contributed by atoms with E-state index in [9.17, 15) is 19.0 Å². The van der Waals surface area contributed by atoms with Crippen molar-refractivity contribution in [1.82, 2.24) is 0 Å². The number of allylic oxidation sites excluding steroid dienone is 16. The lowest BCUT2D eigenvalue weighted by atomic mass is 10.0. The van der Waals surface area contributed by atoms with Crippen LogP contribution in [0.4, 0.5) is 0 Å². The Labute approximate surface area is 383 Å². The van der Waals surface area contributed by atoms with Crippen LogP contribution in [-0.4, -0.2) is 60.5 Å². The Morgan fingerprint density at radius 3 is 1.30 bits per heavy atom. The number of ether oxygens (including phenoxy) is 2. The van der Waals surface area contributed by atoms with Crippen molar-refractivity contribution in [3.05, 3.63) is 97.2 Å². The summed E-state index contributed by atoms with van der Waals surface area (Å²) in [5.41, 5.74) is 5.37. The predicted molar refractivity (Wildman–Crippen MR) is 263 cm³/mol. The van der Waals surface area contributed by atoms with Gasteiger partial charge in [-0.15, -0.1) is 0 Å². The Bertz CT molecular complexity index is 1370. The number of carbonyl (C=O) groups excluding carboxylic acids is 1. The Balaban J connectivity index is 4.22. The zero-order valence-electron chi connectivity index (χ0n) is 39.4. The molecule has 11 heteroatoms. The predicted octanol–water partition coefficient (Wildman–Crippen LogP) is 14.1. The van der Waals surface area contributed by atoms with Crippen molar-refractivity contribution in [2.45, 2.75) is 193 Å². The van der Waals surface area contributed by atoms with Gasteiger partial charge in [0.15, 0.2) is 0 Å². The van der Waals surface area contributed by atoms with Crippen molar-refractivity contribution in [3.8, 4) is 0 Å². The fourth-order valence-electron chi connectivity index (χ4n) is 6.17. The topological polar surface area (TPSA) is 155 Å². The monoisotopic (exact) mass is 902 g/mol. The molecule has 0 aliphatic carbocycles. The van der Waals surface area contributed by atoms with Gasteiger partial charge in [-0.25, -0.2) is 4.57 Å². The average Bonchev–Trinajstić information content (AvgIpc) is 3.26. The number of carboxylic acid groups (broad SMARTS) is 1. The third-order valence-corrected chi connectivity index (χ3v) is 10.8. The van der Waals surface area contributed by atoms with Gasteiger partial charge < -0.3 is 25.2 Å². The fraction of sp³-hybridized carbons (Fsp3) is 0.654. The summed E-state index contributed by atoms with van der Waals surface area (Å²) in [7, 11) is -4.63. The van der Waals surface area contributed by atoms with E-state index in [1.54, 1.807) is 0 Å². The standard InChI is InChI=1S/C52H88NO9P/c1-3-5-7-9-11-13-15-17-19-21-23-24-25-26-27-28-30-32-34-36-38-40-42-44-51(54)62-49(47-60-63(57,58)61-48-50(53)52(55)56)46-59-45-43-41-39-37-35-33-31-29-22-20-18-16-14-12-10-8-6-4-2/h5-8,11-14,17-20,23-24,29,31,49-50H,3-4,9-10,15-16,21-22,25-28,30,32-48,53H2,1-2H3,(H,55,56)(H,57,58)/b7-5-,8-6-,13-11-,14-12-,19-17-,20-18-,24-23-,31-29-. The maximum absolute atomic E-state index is 12.7. The molecule has 0 saturated heterocycles. The Hall–Kier alpha value is -3.11. The molecule has 0 saturated carbocycles. The molecule has 0 radical (unpaired) electrons. The smallest absolute Gasteiger partial charge is 0.472 e. The van der Waals surface area contributed by atoms with Gasteiger partial charge in [0.25, 0.3) is 0 Å². The normalized spacial score (nSPS) is 14.6. The first-order valence-corrected chi connectivity index (χ1v) is 25.8. The molecule has 0 aromatic rings. The van der Waals surface area contributed by atoms with Crippen molar-refractivity contribution in [1.29, 1.82) is 0 Å². The number of unbranched alkanes of at least 4 members (excludes halogenated alkanes) is 15. The minimum atomic E-state index is -4.63. The number of rotatable bonds is 45. The van der Waals surface area contributed by atoms with E-state index in [4.69, 9.17) is 29.4 Å². The molecule has 10 nitrogen and oxygen atoms in total. The molecule has 0 heterocycles. The van der Waals surface area contributed by atoms with Crippen LogP contribution in [-0.2, 0) is 32.7 Å². The van der Waals surface area contributed by atoms with Gasteiger partial charge in [-0.1, -0.05) is 182 Å². The van der Waals surface area contributed by atoms with Crippen LogP contribution in [0.2, 0.25) is 0 Å². The molecule has 0 aliphatic heterocycles. The van der Waals surface area contributed by atoms with Crippen LogP contribution in [0, 0.1) is 0 Å². The highest BCUT2D eigenvalue weighted by molar-refractivity contribution is 7.47. The first-order valence-electron chi connectivity index (χ1n) is 24.3. The number of carboxylic acids is 1. The molecule has 0 amide bonds. The Morgan fingerprint density at radius 1 is 0.508 bits per heavy atom. The van der Waals surface area contributed by atoms with Crippen molar-refractivity contribution in [3.63, 3.8) is 0 Å². The van der Waals surface area contributed by atoms with E-state index in [1.165, 1.54) is 38.5 Å². The molecule has 63 heavy (non-hydrogen) atoms. The summed E-state index contributed by atoms with van der Waals surface area (Å²) in [6.45, 7) is 3.60. The third kappa shape index (κ3) is 46.7. The molecule has 0 aliphatic rings. The van der Waals surface area contributed by atoms with Gasteiger partial charge in [-0.05, 0) is 89.9 Å². The van der Waals surface area contributed by atoms with Crippen molar-refractivity contribution >= 4 is 19.8 Å². The highest BCUT2D eigenvalue weighted by atomic mass is 31.2. The van der Waals surface area contributed by atoms with E-state index in [0.717, 1.165) is 116 Å². The lowest BCUT2D eigenvalue weighted by molar-refractivity contribution is -0.154. The highest BCUT2D eigenvalue weighted by Gasteiger charge is 2.27. The average molecular weight is 902 g/mol. The molecule has 0 aromatic carbocycles. The maximum atomic E-state index is 12.7. The number of esters is 1. The number of hydrogen-bond donors (Lipinski definition) is 3. The number of aliphatic carboxylic acids is 1. The van der Waals surface area contributed by atoms with Crippen molar-refractivity contribution < 1.29 is 42.7 Å². The molecule has 4 N–H and O–H groups in total. The van der Waals surface area contributed by atoms with E-state index in [2.05, 4.69) is 111 Å². The van der Waals surface area contributed by atoms with E-state index in [0.29, 0.717) is 13.0 Å². The Morgan fingerprint density at radius 2 is 0.873 bits per heavy atom. The molecule has 3 unspecified atom stereocenters. The molecule has 0 fully saturated rings. The van der Waals surface area contributed by atoms with Gasteiger partial charge in [0.05, 0.1) is 19.8 Å². The van der Waals surface area contributed by atoms with Crippen molar-refractivity contribution in [2.24, 2.45) is 5.73 Å². The second-order valence-electron chi connectivity index (χ2n) is 15.8. The van der Waals surface area contributed by atoms with Gasteiger partial charge in [0, 0.05) is 13.0 Å². The second-order valence-corrected chi connectivity index (χ2v) is 17.3. The third-order valence-electron chi connectivity index (χ3n) is 9.86. The zero-order chi connectivity index (χ0) is 46.2. The van der Waals surface area contributed by atoms with Crippen LogP contribution in [0.5, 0.6) is 0 Å². The summed E-state index contributed by atoms with van der Waals surface area (Å²) in [5.74, 6) is -1.80. The lowest BCUT2D eigenvalue weighted by Gasteiger charge is -2.20. The van der Waals surface area contributed by atoms with E-state index in [-0.39, 0.29) is 13.0 Å². The molecule has 0 bridgehead atoms. The molecular formula is C52H88NO9P. The van der Waals surface area contributed by atoms with Gasteiger partial charge in [-0.2, -0.15) is 0 Å². The summed E-state index contributed by atoms with van der Waals surface area (Å²) in [4.78, 5) is 33.7. The first kappa shape index (κ1) is 59.9. The zero-order valence-corrected chi connectivity index (χ0v) is 40.3. The van der Waals surface area contributed by atoms with E-state index >= 15 is 0 Å². The molecular weight excluding hydrogens is 814 g/mol. The fourth-order valence-corrected chi connectivity index (χ4v) is 6.95. The number of carbonyl (C=O) groups is 2. The molecule has 0 rings (SSSR count). The summed E-state index contributed by atoms with van der Waals surface area (Å²) >= 11 is 0. The van der Waals surface area contributed by atoms with Gasteiger partial charge in [-0.3, -0.25) is 18.6 Å². The lowest BCUT2D eigenvalue weighted by Crippen LogP contribution is -2.34. The van der Waals surface area contributed by atoms with Crippen LogP contribution in [0.3, 0.4) is 0 Å². The largest absolute Gasteiger partial charge is 0.480 e.